The third kappa shape index (κ3) is 4.36. The van der Waals surface area contributed by atoms with Crippen LogP contribution >= 0.6 is 0 Å². The van der Waals surface area contributed by atoms with Crippen molar-refractivity contribution in [3.05, 3.63) is 59.9 Å². The van der Waals surface area contributed by atoms with Gasteiger partial charge >= 0.3 is 0 Å². The van der Waals surface area contributed by atoms with Gasteiger partial charge in [-0.2, -0.15) is 0 Å². The average molecular weight is 464 g/mol. The van der Waals surface area contributed by atoms with Gasteiger partial charge in [-0.15, -0.1) is 0 Å². The molecule has 1 atom stereocenters. The maximum absolute atomic E-state index is 13.5. The van der Waals surface area contributed by atoms with E-state index < -0.39 is 11.6 Å². The van der Waals surface area contributed by atoms with Crippen LogP contribution in [0.4, 0.5) is 5.69 Å². The number of amides is 3. The minimum atomic E-state index is -0.641. The molecule has 0 saturated carbocycles. The fraction of sp³-hybridized carbons (Fsp3) is 0.462. The molecular weight excluding hydrogens is 430 g/mol. The second-order valence-electron chi connectivity index (χ2n) is 9.65. The molecule has 34 heavy (non-hydrogen) atoms. The molecule has 0 radical (unpaired) electrons. The van der Waals surface area contributed by atoms with Gasteiger partial charge in [0.2, 0.25) is 11.8 Å². The Morgan fingerprint density at radius 1 is 1.09 bits per heavy atom. The lowest BCUT2D eigenvalue weighted by molar-refractivity contribution is -0.139. The molecule has 2 saturated heterocycles. The van der Waals surface area contributed by atoms with Crippen molar-refractivity contribution in [2.75, 3.05) is 31.7 Å². The van der Waals surface area contributed by atoms with E-state index in [1.165, 1.54) is 0 Å². The Labute approximate surface area is 200 Å². The molecule has 1 aromatic carbocycles. The minimum absolute atomic E-state index is 0.0738. The van der Waals surface area contributed by atoms with Crippen LogP contribution in [0.2, 0.25) is 0 Å². The van der Waals surface area contributed by atoms with Crippen LogP contribution in [0.15, 0.2) is 48.7 Å². The number of aryl methyl sites for hydroxylation is 1. The lowest BCUT2D eigenvalue weighted by Gasteiger charge is -2.44. The zero-order valence-corrected chi connectivity index (χ0v) is 20.3. The van der Waals surface area contributed by atoms with Crippen molar-refractivity contribution in [2.24, 2.45) is 5.92 Å². The Bertz CT molecular complexity index is 1060. The fourth-order valence-electron chi connectivity index (χ4n) is 5.02. The summed E-state index contributed by atoms with van der Waals surface area (Å²) in [6.07, 6.45) is 2.70. The van der Waals surface area contributed by atoms with E-state index >= 15 is 0 Å². The quantitative estimate of drug-likeness (QED) is 0.736. The molecule has 4 rings (SSSR count). The normalized spacial score (nSPS) is 18.5. The van der Waals surface area contributed by atoms with E-state index in [9.17, 15) is 14.4 Å². The maximum Gasteiger partial charge on any atom is 0.252 e. The highest BCUT2D eigenvalue weighted by atomic mass is 16.2. The van der Waals surface area contributed by atoms with Crippen LogP contribution in [0.5, 0.6) is 0 Å². The third-order valence-corrected chi connectivity index (χ3v) is 6.96. The number of para-hydroxylation sites is 1. The summed E-state index contributed by atoms with van der Waals surface area (Å²) in [6, 6.07) is 12.7. The van der Waals surface area contributed by atoms with Gasteiger partial charge in [0.15, 0.2) is 0 Å². The highest BCUT2D eigenvalue weighted by Crippen LogP contribution is 2.39. The van der Waals surface area contributed by atoms with Crippen LogP contribution in [0.1, 0.15) is 42.7 Å². The average Bonchev–Trinajstić information content (AvgIpc) is 3.07. The second kappa shape index (κ2) is 9.44. The number of hydrogen-bond acceptors (Lipinski definition) is 5. The Morgan fingerprint density at radius 3 is 2.38 bits per heavy atom. The van der Waals surface area contributed by atoms with Gasteiger partial charge in [0, 0.05) is 43.3 Å². The zero-order valence-electron chi connectivity index (χ0n) is 20.3. The molecular formula is C26H33N5O3. The number of aromatic nitrogens is 1. The molecule has 1 aromatic heterocycles. The summed E-state index contributed by atoms with van der Waals surface area (Å²) < 4.78 is 0. The number of nitrogens with zero attached hydrogens (tertiary/aromatic N) is 4. The molecule has 1 N–H and O–H groups in total. The largest absolute Gasteiger partial charge is 0.341 e. The summed E-state index contributed by atoms with van der Waals surface area (Å²) >= 11 is 0. The number of benzene rings is 1. The first kappa shape index (κ1) is 23.7. The smallest absolute Gasteiger partial charge is 0.252 e. The van der Waals surface area contributed by atoms with Crippen molar-refractivity contribution in [1.29, 1.82) is 0 Å². The molecule has 3 amide bonds. The monoisotopic (exact) mass is 463 g/mol. The van der Waals surface area contributed by atoms with Gasteiger partial charge in [-0.3, -0.25) is 19.4 Å². The van der Waals surface area contributed by atoms with Gasteiger partial charge < -0.3 is 20.0 Å². The standard InChI is InChI=1S/C26H33N5O3/c1-18(2)22(28-23(32)20-10-13-27-19(3)16-20)24(33)30-14-11-26(12-15-30)25(34)29(4)17-31(26)21-8-6-5-7-9-21/h5-10,13,16,18,22H,11-12,14-15,17H2,1-4H3,(H,28,32). The predicted molar refractivity (Wildman–Crippen MR) is 130 cm³/mol. The van der Waals surface area contributed by atoms with Crippen molar-refractivity contribution in [3.63, 3.8) is 0 Å². The number of carbonyl (C=O) groups is 3. The van der Waals surface area contributed by atoms with Crippen LogP contribution < -0.4 is 10.2 Å². The van der Waals surface area contributed by atoms with Crippen molar-refractivity contribution >= 4 is 23.4 Å². The molecule has 2 aromatic rings. The molecule has 2 aliphatic heterocycles. The highest BCUT2D eigenvalue weighted by Gasteiger charge is 2.53. The predicted octanol–water partition coefficient (Wildman–Crippen LogP) is 2.44. The molecule has 1 unspecified atom stereocenters. The van der Waals surface area contributed by atoms with Crippen LogP contribution in [-0.4, -0.2) is 70.9 Å². The Kier molecular flexibility index (Phi) is 6.59. The van der Waals surface area contributed by atoms with Crippen molar-refractivity contribution in [3.8, 4) is 0 Å². The van der Waals surface area contributed by atoms with Gasteiger partial charge in [0.25, 0.3) is 5.91 Å². The Morgan fingerprint density at radius 2 is 1.76 bits per heavy atom. The van der Waals surface area contributed by atoms with Crippen molar-refractivity contribution in [1.82, 2.24) is 20.1 Å². The topological polar surface area (TPSA) is 85.8 Å². The molecule has 8 nitrogen and oxygen atoms in total. The van der Waals surface area contributed by atoms with E-state index in [1.807, 2.05) is 58.2 Å². The van der Waals surface area contributed by atoms with Crippen LogP contribution in [0.3, 0.4) is 0 Å². The summed E-state index contributed by atoms with van der Waals surface area (Å²) in [5.41, 5.74) is 1.61. The number of carbonyl (C=O) groups excluding carboxylic acids is 3. The molecule has 2 aliphatic rings. The number of likely N-dealkylation sites (N-methyl/N-ethyl adjacent to an activating group) is 1. The Balaban J connectivity index is 1.48. The summed E-state index contributed by atoms with van der Waals surface area (Å²) in [7, 11) is 1.83. The van der Waals surface area contributed by atoms with Gasteiger partial charge in [0.05, 0.1) is 6.67 Å². The SMILES string of the molecule is Cc1cc(C(=O)NC(C(=O)N2CCC3(CC2)C(=O)N(C)CN3c2ccccc2)C(C)C)ccn1. The maximum atomic E-state index is 13.5. The van der Waals surface area contributed by atoms with Gasteiger partial charge in [-0.1, -0.05) is 32.0 Å². The molecule has 0 aliphatic carbocycles. The summed E-state index contributed by atoms with van der Waals surface area (Å²) in [4.78, 5) is 49.4. The number of rotatable bonds is 5. The van der Waals surface area contributed by atoms with Crippen LogP contribution in [0, 0.1) is 12.8 Å². The van der Waals surface area contributed by atoms with Crippen molar-refractivity contribution < 1.29 is 14.4 Å². The number of nitrogens with one attached hydrogen (secondary N) is 1. The number of pyridine rings is 1. The molecule has 180 valence electrons. The van der Waals surface area contributed by atoms with E-state index in [4.69, 9.17) is 0 Å². The highest BCUT2D eigenvalue weighted by molar-refractivity contribution is 5.98. The molecule has 1 spiro atoms. The second-order valence-corrected chi connectivity index (χ2v) is 9.65. The third-order valence-electron chi connectivity index (χ3n) is 6.96. The minimum Gasteiger partial charge on any atom is -0.341 e. The number of anilines is 1. The summed E-state index contributed by atoms with van der Waals surface area (Å²) in [6.45, 7) is 7.15. The lowest BCUT2D eigenvalue weighted by atomic mass is 9.85. The van der Waals surface area contributed by atoms with Gasteiger partial charge in [0.1, 0.15) is 11.6 Å². The Hall–Kier alpha value is -3.42. The summed E-state index contributed by atoms with van der Waals surface area (Å²) in [5.74, 6) is -0.358. The van der Waals surface area contributed by atoms with Crippen LogP contribution in [0.25, 0.3) is 0 Å². The number of likely N-dealkylation sites (tertiary alicyclic amines) is 1. The molecule has 0 bridgehead atoms. The molecule has 2 fully saturated rings. The summed E-state index contributed by atoms with van der Waals surface area (Å²) in [5, 5.41) is 2.93. The van der Waals surface area contributed by atoms with Gasteiger partial charge in [-0.05, 0) is 49.9 Å². The molecule has 3 heterocycles. The van der Waals surface area contributed by atoms with Crippen LogP contribution in [-0.2, 0) is 9.59 Å². The zero-order chi connectivity index (χ0) is 24.5. The van der Waals surface area contributed by atoms with Crippen molar-refractivity contribution in [2.45, 2.75) is 45.2 Å². The number of hydrogen-bond donors (Lipinski definition) is 1. The number of piperidine rings is 1. The molecule has 8 heteroatoms. The lowest BCUT2D eigenvalue weighted by Crippen LogP contribution is -2.60. The van der Waals surface area contributed by atoms with E-state index in [2.05, 4.69) is 15.2 Å². The van der Waals surface area contributed by atoms with E-state index in [-0.39, 0.29) is 23.6 Å². The first-order valence-corrected chi connectivity index (χ1v) is 11.8. The van der Waals surface area contributed by atoms with Gasteiger partial charge in [-0.25, -0.2) is 0 Å². The van der Waals surface area contributed by atoms with E-state index in [1.54, 1.807) is 28.1 Å². The fourth-order valence-corrected chi connectivity index (χ4v) is 5.02. The first-order chi connectivity index (χ1) is 16.2. The van der Waals surface area contributed by atoms with E-state index in [0.29, 0.717) is 38.2 Å². The first-order valence-electron chi connectivity index (χ1n) is 11.8. The van der Waals surface area contributed by atoms with E-state index in [0.717, 1.165) is 11.4 Å².